The van der Waals surface area contributed by atoms with Gasteiger partial charge in [-0.2, -0.15) is 5.10 Å². The van der Waals surface area contributed by atoms with Crippen LogP contribution in [0, 0.1) is 0 Å². The molecule has 0 aliphatic heterocycles. The summed E-state index contributed by atoms with van der Waals surface area (Å²) < 4.78 is 1.73. The Morgan fingerprint density at radius 2 is 2.27 bits per heavy atom. The van der Waals surface area contributed by atoms with Crippen LogP contribution in [-0.2, 0) is 11.8 Å². The van der Waals surface area contributed by atoms with Gasteiger partial charge in [-0.3, -0.25) is 4.79 Å². The summed E-state index contributed by atoms with van der Waals surface area (Å²) in [6.45, 7) is 0. The number of nitrogens with one attached hydrogen (secondary N) is 1. The second-order valence-corrected chi connectivity index (χ2v) is 2.82. The van der Waals surface area contributed by atoms with Crippen LogP contribution in [0.4, 0.5) is 5.82 Å². The van der Waals surface area contributed by atoms with Crippen molar-refractivity contribution in [1.29, 1.82) is 0 Å². The molecular formula is C8H8N6O. The second-order valence-electron chi connectivity index (χ2n) is 2.82. The molecule has 0 saturated heterocycles. The third-order valence-corrected chi connectivity index (χ3v) is 1.87. The van der Waals surface area contributed by atoms with Crippen LogP contribution >= 0.6 is 0 Å². The van der Waals surface area contributed by atoms with Gasteiger partial charge in [0.15, 0.2) is 11.6 Å². The van der Waals surface area contributed by atoms with Crippen molar-refractivity contribution in [1.82, 2.24) is 25.0 Å². The van der Waals surface area contributed by atoms with Gasteiger partial charge in [-0.15, -0.1) is 15.3 Å². The molecule has 0 fully saturated rings. The molecule has 1 N–H and O–H groups in total. The van der Waals surface area contributed by atoms with E-state index in [1.165, 1.54) is 6.20 Å². The Kier molecular flexibility index (Phi) is 2.36. The normalized spacial score (nSPS) is 9.93. The Balaban J connectivity index is 2.52. The summed E-state index contributed by atoms with van der Waals surface area (Å²) in [6, 6.07) is 1.71. The summed E-state index contributed by atoms with van der Waals surface area (Å²) in [5.74, 6) is 0.984. The molecule has 2 aromatic heterocycles. The van der Waals surface area contributed by atoms with Gasteiger partial charge in [-0.1, -0.05) is 0 Å². The molecule has 0 aromatic carbocycles. The average molecular weight is 204 g/mol. The minimum atomic E-state index is 0.364. The summed E-state index contributed by atoms with van der Waals surface area (Å²) in [7, 11) is 1.81. The lowest BCUT2D eigenvalue weighted by Gasteiger charge is -2.04. The maximum atomic E-state index is 10.4. The first-order valence-corrected chi connectivity index (χ1v) is 4.19. The smallest absolute Gasteiger partial charge is 0.212 e. The van der Waals surface area contributed by atoms with Crippen LogP contribution in [0.1, 0.15) is 0 Å². The van der Waals surface area contributed by atoms with Gasteiger partial charge >= 0.3 is 0 Å². The number of hydrogen-bond donors (Lipinski definition) is 1. The summed E-state index contributed by atoms with van der Waals surface area (Å²) in [6.07, 6.45) is 3.64. The highest BCUT2D eigenvalue weighted by Gasteiger charge is 2.10. The summed E-state index contributed by atoms with van der Waals surface area (Å²) in [5, 5.41) is 17.6. The molecule has 15 heavy (non-hydrogen) atoms. The molecule has 2 aromatic rings. The van der Waals surface area contributed by atoms with Gasteiger partial charge in [0.1, 0.15) is 6.33 Å². The van der Waals surface area contributed by atoms with Crippen molar-refractivity contribution in [3.8, 4) is 11.4 Å². The summed E-state index contributed by atoms with van der Waals surface area (Å²) >= 11 is 0. The van der Waals surface area contributed by atoms with E-state index in [-0.39, 0.29) is 0 Å². The van der Waals surface area contributed by atoms with E-state index in [9.17, 15) is 4.79 Å². The zero-order valence-electron chi connectivity index (χ0n) is 7.95. The van der Waals surface area contributed by atoms with Crippen LogP contribution < -0.4 is 5.32 Å². The van der Waals surface area contributed by atoms with Crippen molar-refractivity contribution < 1.29 is 4.79 Å². The lowest BCUT2D eigenvalue weighted by Crippen LogP contribution is -2.02. The standard InChI is InChI=1S/C8H8N6O/c1-14-4-11-13-8(14)6-2-3-10-12-7(6)9-5-15/h2-5H,1H3,(H,9,12,15). The van der Waals surface area contributed by atoms with Crippen molar-refractivity contribution in [2.45, 2.75) is 0 Å². The molecule has 0 saturated carbocycles. The molecule has 0 radical (unpaired) electrons. The zero-order valence-corrected chi connectivity index (χ0v) is 7.95. The summed E-state index contributed by atoms with van der Waals surface area (Å²) in [5.41, 5.74) is 0.678. The molecule has 2 rings (SSSR count). The monoisotopic (exact) mass is 204 g/mol. The molecule has 0 atom stereocenters. The number of carbonyl (C=O) groups excluding carboxylic acids is 1. The topological polar surface area (TPSA) is 85.6 Å². The van der Waals surface area contributed by atoms with Crippen LogP contribution in [0.2, 0.25) is 0 Å². The van der Waals surface area contributed by atoms with E-state index in [1.807, 2.05) is 0 Å². The summed E-state index contributed by atoms with van der Waals surface area (Å²) in [4.78, 5) is 10.4. The van der Waals surface area contributed by atoms with E-state index in [0.29, 0.717) is 23.6 Å². The van der Waals surface area contributed by atoms with E-state index in [4.69, 9.17) is 0 Å². The van der Waals surface area contributed by atoms with Crippen molar-refractivity contribution in [2.75, 3.05) is 5.32 Å². The fraction of sp³-hybridized carbons (Fsp3) is 0.125. The predicted molar refractivity (Wildman–Crippen MR) is 51.7 cm³/mol. The number of aromatic nitrogens is 5. The van der Waals surface area contributed by atoms with Crippen LogP contribution in [-0.4, -0.2) is 31.4 Å². The Bertz CT molecular complexity index is 479. The second kappa shape index (κ2) is 3.82. The molecule has 76 valence electrons. The quantitative estimate of drug-likeness (QED) is 0.702. The number of aryl methyl sites for hydroxylation is 1. The van der Waals surface area contributed by atoms with Gasteiger partial charge in [-0.05, 0) is 6.07 Å². The minimum Gasteiger partial charge on any atom is -0.317 e. The first-order valence-electron chi connectivity index (χ1n) is 4.19. The number of amides is 1. The molecule has 0 aliphatic carbocycles. The molecular weight excluding hydrogens is 196 g/mol. The Labute approximate surface area is 85.2 Å². The van der Waals surface area contributed by atoms with Crippen LogP contribution in [0.3, 0.4) is 0 Å². The molecule has 7 nitrogen and oxygen atoms in total. The molecule has 0 spiro atoms. The lowest BCUT2D eigenvalue weighted by molar-refractivity contribution is -0.105. The van der Waals surface area contributed by atoms with E-state index in [0.717, 1.165) is 0 Å². The van der Waals surface area contributed by atoms with Gasteiger partial charge in [0.2, 0.25) is 6.41 Å². The average Bonchev–Trinajstić information content (AvgIpc) is 2.66. The van der Waals surface area contributed by atoms with Gasteiger partial charge in [0.05, 0.1) is 11.8 Å². The fourth-order valence-corrected chi connectivity index (χ4v) is 1.20. The number of anilines is 1. The van der Waals surface area contributed by atoms with Crippen LogP contribution in [0.15, 0.2) is 18.6 Å². The molecule has 1 amide bonds. The number of rotatable bonds is 3. The van der Waals surface area contributed by atoms with Crippen LogP contribution in [0.5, 0.6) is 0 Å². The van der Waals surface area contributed by atoms with Crippen LogP contribution in [0.25, 0.3) is 11.4 Å². The zero-order chi connectivity index (χ0) is 10.7. The van der Waals surface area contributed by atoms with Gasteiger partial charge in [-0.25, -0.2) is 0 Å². The molecule has 0 aliphatic rings. The SMILES string of the molecule is Cn1cnnc1-c1ccnnc1NC=O. The number of carbonyl (C=O) groups is 1. The molecule has 2 heterocycles. The van der Waals surface area contributed by atoms with Crippen molar-refractivity contribution >= 4 is 12.2 Å². The molecule has 0 bridgehead atoms. The van der Waals surface area contributed by atoms with E-state index in [2.05, 4.69) is 25.7 Å². The number of nitrogens with zero attached hydrogens (tertiary/aromatic N) is 5. The van der Waals surface area contributed by atoms with E-state index in [1.54, 1.807) is 24.0 Å². The van der Waals surface area contributed by atoms with Crippen molar-refractivity contribution in [3.63, 3.8) is 0 Å². The third-order valence-electron chi connectivity index (χ3n) is 1.87. The van der Waals surface area contributed by atoms with Crippen molar-refractivity contribution in [2.24, 2.45) is 7.05 Å². The molecule has 7 heteroatoms. The van der Waals surface area contributed by atoms with Crippen molar-refractivity contribution in [3.05, 3.63) is 18.6 Å². The van der Waals surface area contributed by atoms with E-state index < -0.39 is 0 Å². The number of hydrogen-bond acceptors (Lipinski definition) is 5. The predicted octanol–water partition coefficient (Wildman–Crippen LogP) is -0.160. The fourth-order valence-electron chi connectivity index (χ4n) is 1.20. The highest BCUT2D eigenvalue weighted by molar-refractivity contribution is 5.79. The van der Waals surface area contributed by atoms with E-state index >= 15 is 0 Å². The van der Waals surface area contributed by atoms with Gasteiger partial charge in [0.25, 0.3) is 0 Å². The first kappa shape index (κ1) is 9.25. The lowest BCUT2D eigenvalue weighted by atomic mass is 10.2. The third kappa shape index (κ3) is 1.66. The van der Waals surface area contributed by atoms with Gasteiger partial charge < -0.3 is 9.88 Å². The highest BCUT2D eigenvalue weighted by Crippen LogP contribution is 2.21. The largest absolute Gasteiger partial charge is 0.317 e. The molecule has 0 unspecified atom stereocenters. The Morgan fingerprint density at radius 3 is 2.93 bits per heavy atom. The van der Waals surface area contributed by atoms with Gasteiger partial charge in [0, 0.05) is 7.05 Å². The highest BCUT2D eigenvalue weighted by atomic mass is 16.1. The first-order chi connectivity index (χ1) is 7.33. The maximum Gasteiger partial charge on any atom is 0.212 e. The minimum absolute atomic E-state index is 0.364. The maximum absolute atomic E-state index is 10.4. The Morgan fingerprint density at radius 1 is 1.40 bits per heavy atom. The Hall–Kier alpha value is -2.31.